The third-order valence-corrected chi connectivity index (χ3v) is 3.73. The summed E-state index contributed by atoms with van der Waals surface area (Å²) in [5.41, 5.74) is -3.15. The molecule has 0 fully saturated rings. The molecule has 0 aliphatic carbocycles. The van der Waals surface area contributed by atoms with E-state index in [1.807, 2.05) is 34.6 Å². The number of hydrogen-bond donors (Lipinski definition) is 5. The second kappa shape index (κ2) is 42.2. The molecule has 0 rings (SSSR count). The van der Waals surface area contributed by atoms with Gasteiger partial charge in [0.2, 0.25) is 0 Å². The zero-order chi connectivity index (χ0) is 25.0. The van der Waals surface area contributed by atoms with Gasteiger partial charge >= 0.3 is 0 Å². The quantitative estimate of drug-likeness (QED) is 0.136. The van der Waals surface area contributed by atoms with E-state index in [2.05, 4.69) is 0 Å². The summed E-state index contributed by atoms with van der Waals surface area (Å²) >= 11 is 25.7. The smallest absolute Gasteiger partial charge is 0.128 e. The van der Waals surface area contributed by atoms with Gasteiger partial charge in [-0.3, -0.25) is 0 Å². The standard InChI is InChI=1S/5C4H9ClO.Nb/c5*1-2-3-4(5)6;/h5*4,6H,2-3H2,1H3;. The van der Waals surface area contributed by atoms with Crippen molar-refractivity contribution in [3.8, 4) is 0 Å². The van der Waals surface area contributed by atoms with Crippen LogP contribution in [0.2, 0.25) is 0 Å². The number of alkyl halides is 5. The summed E-state index contributed by atoms with van der Waals surface area (Å²) < 4.78 is 0. The van der Waals surface area contributed by atoms with E-state index in [0.29, 0.717) is 32.1 Å². The van der Waals surface area contributed by atoms with Crippen molar-refractivity contribution in [2.75, 3.05) is 0 Å². The van der Waals surface area contributed by atoms with E-state index < -0.39 is 27.8 Å². The average Bonchev–Trinajstić information content (AvgIpc) is 2.56. The van der Waals surface area contributed by atoms with E-state index in [1.54, 1.807) is 0 Å². The molecule has 0 aliphatic heterocycles. The maximum absolute atomic E-state index is 8.32. The van der Waals surface area contributed by atoms with Crippen LogP contribution in [0.1, 0.15) is 98.8 Å². The van der Waals surface area contributed by atoms with Crippen LogP contribution in [-0.2, 0) is 22.4 Å². The van der Waals surface area contributed by atoms with E-state index in [9.17, 15) is 0 Å². The SMILES string of the molecule is CCCC(O)Cl.CCCC(O)Cl.CCCC(O)Cl.CCCC(O)Cl.CCCC(O)Cl.[Nb]. The Balaban J connectivity index is -0.0000000625. The Bertz CT molecular complexity index is 208. The van der Waals surface area contributed by atoms with Crippen LogP contribution in [0.15, 0.2) is 0 Å². The summed E-state index contributed by atoms with van der Waals surface area (Å²) in [5.74, 6) is 0. The fraction of sp³-hybridized carbons (Fsp3) is 1.00. The number of rotatable bonds is 10. The minimum Gasteiger partial charge on any atom is -0.378 e. The first-order valence-electron chi connectivity index (χ1n) is 10.5. The normalized spacial score (nSPS) is 14.0. The Kier molecular flexibility index (Phi) is 63.1. The maximum atomic E-state index is 8.32. The Labute approximate surface area is 231 Å². The third kappa shape index (κ3) is 99.7. The van der Waals surface area contributed by atoms with Crippen LogP contribution in [0.3, 0.4) is 0 Å². The molecule has 0 aromatic heterocycles. The first kappa shape index (κ1) is 46.3. The molecule has 0 aliphatic rings. The van der Waals surface area contributed by atoms with E-state index >= 15 is 0 Å². The second-order valence-electron chi connectivity index (χ2n) is 6.12. The second-order valence-corrected chi connectivity index (χ2v) is 8.63. The van der Waals surface area contributed by atoms with Crippen LogP contribution < -0.4 is 0 Å². The third-order valence-electron chi connectivity index (χ3n) is 2.63. The first-order valence-corrected chi connectivity index (χ1v) is 12.6. The van der Waals surface area contributed by atoms with Gasteiger partial charge in [-0.2, -0.15) is 0 Å². The Morgan fingerprint density at radius 3 is 0.484 bits per heavy atom. The van der Waals surface area contributed by atoms with Crippen molar-refractivity contribution in [1.29, 1.82) is 0 Å². The van der Waals surface area contributed by atoms with Gasteiger partial charge in [-0.05, 0) is 32.1 Å². The van der Waals surface area contributed by atoms with Crippen LogP contribution in [-0.4, -0.2) is 53.3 Å². The van der Waals surface area contributed by atoms with Gasteiger partial charge in [0.15, 0.2) is 0 Å². The van der Waals surface area contributed by atoms with Gasteiger partial charge in [-0.15, -0.1) is 0 Å². The van der Waals surface area contributed by atoms with Crippen molar-refractivity contribution in [3.63, 3.8) is 0 Å². The molecule has 0 bridgehead atoms. The molecular weight excluding hydrogens is 590 g/mol. The summed E-state index contributed by atoms with van der Waals surface area (Å²) in [5, 5.41) is 41.6. The molecule has 5 unspecified atom stereocenters. The average molecular weight is 636 g/mol. The van der Waals surface area contributed by atoms with Crippen molar-refractivity contribution in [3.05, 3.63) is 0 Å². The molecule has 195 valence electrons. The molecule has 5 nitrogen and oxygen atoms in total. The van der Waals surface area contributed by atoms with E-state index in [4.69, 9.17) is 83.5 Å². The Morgan fingerprint density at radius 2 is 0.484 bits per heavy atom. The largest absolute Gasteiger partial charge is 0.378 e. The number of aliphatic hydroxyl groups is 5. The molecule has 5 atom stereocenters. The van der Waals surface area contributed by atoms with Crippen molar-refractivity contribution < 1.29 is 47.9 Å². The van der Waals surface area contributed by atoms with Crippen molar-refractivity contribution in [2.45, 2.75) is 127 Å². The minimum atomic E-state index is -0.630. The molecule has 0 saturated heterocycles. The molecule has 0 heterocycles. The molecule has 0 spiro atoms. The zero-order valence-electron chi connectivity index (χ0n) is 19.5. The van der Waals surface area contributed by atoms with Gasteiger partial charge in [0.1, 0.15) is 27.8 Å². The molecule has 0 saturated carbocycles. The fourth-order valence-electron chi connectivity index (χ4n) is 1.19. The van der Waals surface area contributed by atoms with Crippen molar-refractivity contribution in [1.82, 2.24) is 0 Å². The number of hydrogen-bond acceptors (Lipinski definition) is 5. The summed E-state index contributed by atoms with van der Waals surface area (Å²) in [6.07, 6.45) is 8.23. The van der Waals surface area contributed by atoms with Crippen LogP contribution in [0.4, 0.5) is 0 Å². The van der Waals surface area contributed by atoms with E-state index in [1.165, 1.54) is 0 Å². The van der Waals surface area contributed by atoms with Gasteiger partial charge < -0.3 is 25.5 Å². The molecule has 31 heavy (non-hydrogen) atoms. The Hall–Kier alpha value is 1.99. The Morgan fingerprint density at radius 1 is 0.387 bits per heavy atom. The van der Waals surface area contributed by atoms with Crippen LogP contribution >= 0.6 is 58.0 Å². The van der Waals surface area contributed by atoms with Gasteiger partial charge in [0, 0.05) is 22.4 Å². The summed E-state index contributed by atoms with van der Waals surface area (Å²) in [6, 6.07) is 0. The topological polar surface area (TPSA) is 101 Å². The molecule has 0 aromatic rings. The monoisotopic (exact) mass is 633 g/mol. The predicted molar refractivity (Wildman–Crippen MR) is 134 cm³/mol. The van der Waals surface area contributed by atoms with Crippen LogP contribution in [0, 0.1) is 0 Å². The maximum Gasteiger partial charge on any atom is 0.128 e. The van der Waals surface area contributed by atoms with Crippen LogP contribution in [0.25, 0.3) is 0 Å². The summed E-state index contributed by atoms with van der Waals surface area (Å²) in [7, 11) is 0. The summed E-state index contributed by atoms with van der Waals surface area (Å²) in [4.78, 5) is 0. The fourth-order valence-corrected chi connectivity index (χ4v) is 2.28. The van der Waals surface area contributed by atoms with Crippen molar-refractivity contribution >= 4 is 58.0 Å². The molecule has 1 radical (unpaired) electrons. The van der Waals surface area contributed by atoms with Crippen LogP contribution in [0.5, 0.6) is 0 Å². The van der Waals surface area contributed by atoms with Gasteiger partial charge in [0.05, 0.1) is 0 Å². The van der Waals surface area contributed by atoms with Crippen molar-refractivity contribution in [2.24, 2.45) is 0 Å². The molecule has 0 amide bonds. The molecular formula is C20H45Cl5NbO5. The molecule has 5 N–H and O–H groups in total. The van der Waals surface area contributed by atoms with E-state index in [-0.39, 0.29) is 22.4 Å². The van der Waals surface area contributed by atoms with Gasteiger partial charge in [0.25, 0.3) is 0 Å². The van der Waals surface area contributed by atoms with Gasteiger partial charge in [-0.1, -0.05) is 125 Å². The summed E-state index contributed by atoms with van der Waals surface area (Å²) in [6.45, 7) is 9.89. The predicted octanol–water partition coefficient (Wildman–Crippen LogP) is 6.72. The first-order chi connectivity index (χ1) is 13.9. The van der Waals surface area contributed by atoms with E-state index in [0.717, 1.165) is 32.1 Å². The number of halogens is 5. The zero-order valence-corrected chi connectivity index (χ0v) is 25.5. The number of aliphatic hydroxyl groups excluding tert-OH is 5. The van der Waals surface area contributed by atoms with Gasteiger partial charge in [-0.25, -0.2) is 0 Å². The molecule has 11 heteroatoms. The molecule has 0 aromatic carbocycles. The minimum absolute atomic E-state index is 0.